The van der Waals surface area contributed by atoms with Crippen LogP contribution in [0.5, 0.6) is 0 Å². The molecule has 2 aliphatic rings. The van der Waals surface area contributed by atoms with Crippen LogP contribution in [0.4, 0.5) is 0 Å². The lowest BCUT2D eigenvalue weighted by Gasteiger charge is -2.37. The molecule has 0 spiro atoms. The highest BCUT2D eigenvalue weighted by Crippen LogP contribution is 2.35. The normalized spacial score (nSPS) is 19.6. The standard InChI is InChI=1S/C20H26N4O.ClH/c1-13-6-5-7-15(14(13)2)18-8-3-4-11-24(18)20(25)19-16-12-21-10-9-17(16)22-23-19;/h5-7,18,21H,3-4,8-12H2,1-2H3,(H,22,23);1H. The number of halogens is 1. The van der Waals surface area contributed by atoms with Crippen LogP contribution in [0.3, 0.4) is 0 Å². The Bertz CT molecular complexity index is 801. The van der Waals surface area contributed by atoms with Crippen molar-refractivity contribution in [3.05, 3.63) is 51.8 Å². The maximum absolute atomic E-state index is 13.3. The topological polar surface area (TPSA) is 61.0 Å². The van der Waals surface area contributed by atoms with Crippen LogP contribution in [-0.2, 0) is 13.0 Å². The van der Waals surface area contributed by atoms with Gasteiger partial charge in [0.1, 0.15) is 0 Å². The molecule has 1 amide bonds. The number of amides is 1. The van der Waals surface area contributed by atoms with Gasteiger partial charge in [0.25, 0.3) is 5.91 Å². The molecule has 1 fully saturated rings. The Hall–Kier alpha value is -1.85. The van der Waals surface area contributed by atoms with E-state index in [4.69, 9.17) is 0 Å². The molecule has 6 heteroatoms. The van der Waals surface area contributed by atoms with Crippen LogP contribution in [0.15, 0.2) is 18.2 Å². The van der Waals surface area contributed by atoms with Crippen molar-refractivity contribution in [3.63, 3.8) is 0 Å². The highest BCUT2D eigenvalue weighted by molar-refractivity contribution is 5.94. The van der Waals surface area contributed by atoms with Gasteiger partial charge < -0.3 is 10.2 Å². The Morgan fingerprint density at radius 2 is 2.12 bits per heavy atom. The van der Waals surface area contributed by atoms with Crippen LogP contribution >= 0.6 is 12.4 Å². The summed E-state index contributed by atoms with van der Waals surface area (Å²) in [6.07, 6.45) is 4.18. The van der Waals surface area contributed by atoms with Crippen molar-refractivity contribution in [1.29, 1.82) is 0 Å². The summed E-state index contributed by atoms with van der Waals surface area (Å²) in [5.41, 5.74) is 6.66. The quantitative estimate of drug-likeness (QED) is 0.846. The molecule has 2 aromatic rings. The Balaban J connectivity index is 0.00000196. The molecule has 1 unspecified atom stereocenters. The van der Waals surface area contributed by atoms with Crippen molar-refractivity contribution >= 4 is 18.3 Å². The molecule has 3 heterocycles. The highest BCUT2D eigenvalue weighted by atomic mass is 35.5. The number of nitrogens with one attached hydrogen (secondary N) is 2. The second-order valence-corrected chi connectivity index (χ2v) is 7.26. The van der Waals surface area contributed by atoms with Gasteiger partial charge >= 0.3 is 0 Å². The number of likely N-dealkylation sites (tertiary alicyclic amines) is 1. The van der Waals surface area contributed by atoms with Gasteiger partial charge in [0.2, 0.25) is 0 Å². The number of rotatable bonds is 2. The summed E-state index contributed by atoms with van der Waals surface area (Å²) in [6.45, 7) is 6.80. The third-order valence-electron chi connectivity index (χ3n) is 5.78. The second-order valence-electron chi connectivity index (χ2n) is 7.26. The first-order valence-electron chi connectivity index (χ1n) is 9.30. The number of fused-ring (bicyclic) bond motifs is 1. The van der Waals surface area contributed by atoms with E-state index in [2.05, 4.69) is 52.5 Å². The van der Waals surface area contributed by atoms with E-state index in [0.717, 1.165) is 50.2 Å². The molecule has 0 radical (unpaired) electrons. The smallest absolute Gasteiger partial charge is 0.275 e. The summed E-state index contributed by atoms with van der Waals surface area (Å²) in [5.74, 6) is 0.0757. The molecule has 2 N–H and O–H groups in total. The first-order chi connectivity index (χ1) is 12.2. The maximum Gasteiger partial charge on any atom is 0.275 e. The summed E-state index contributed by atoms with van der Waals surface area (Å²) in [5, 5.41) is 10.8. The number of benzene rings is 1. The molecule has 1 saturated heterocycles. The molecular weight excluding hydrogens is 348 g/mol. The summed E-state index contributed by atoms with van der Waals surface area (Å²) < 4.78 is 0. The number of aromatic amines is 1. The van der Waals surface area contributed by atoms with Gasteiger partial charge in [0.15, 0.2) is 5.69 Å². The predicted octanol–water partition coefficient (Wildman–Crippen LogP) is 3.46. The summed E-state index contributed by atoms with van der Waals surface area (Å²) in [7, 11) is 0. The molecule has 0 saturated carbocycles. The van der Waals surface area contributed by atoms with Crippen LogP contribution in [0.25, 0.3) is 0 Å². The van der Waals surface area contributed by atoms with E-state index in [-0.39, 0.29) is 24.4 Å². The highest BCUT2D eigenvalue weighted by Gasteiger charge is 2.33. The van der Waals surface area contributed by atoms with Crippen molar-refractivity contribution in [2.24, 2.45) is 0 Å². The number of carbonyl (C=O) groups is 1. The van der Waals surface area contributed by atoms with Crippen molar-refractivity contribution in [1.82, 2.24) is 20.4 Å². The van der Waals surface area contributed by atoms with Gasteiger partial charge in [-0.2, -0.15) is 5.10 Å². The SMILES string of the molecule is Cc1cccc(C2CCCCN2C(=O)c2n[nH]c3c2CNCC3)c1C.Cl. The third-order valence-corrected chi connectivity index (χ3v) is 5.78. The third kappa shape index (κ3) is 3.26. The molecule has 0 aliphatic carbocycles. The average Bonchev–Trinajstić information content (AvgIpc) is 3.08. The first kappa shape index (κ1) is 18.9. The van der Waals surface area contributed by atoms with E-state index in [1.807, 2.05) is 0 Å². The molecule has 2 aliphatic heterocycles. The number of hydrogen-bond acceptors (Lipinski definition) is 3. The molecule has 26 heavy (non-hydrogen) atoms. The van der Waals surface area contributed by atoms with E-state index in [1.54, 1.807) is 0 Å². The van der Waals surface area contributed by atoms with Crippen LogP contribution in [0.1, 0.15) is 63.7 Å². The number of aromatic nitrogens is 2. The molecule has 1 atom stereocenters. The van der Waals surface area contributed by atoms with E-state index in [1.165, 1.54) is 23.1 Å². The van der Waals surface area contributed by atoms with Crippen LogP contribution in [0.2, 0.25) is 0 Å². The zero-order valence-corrected chi connectivity index (χ0v) is 16.3. The Morgan fingerprint density at radius 3 is 2.96 bits per heavy atom. The van der Waals surface area contributed by atoms with Gasteiger partial charge in [-0.3, -0.25) is 9.89 Å². The van der Waals surface area contributed by atoms with E-state index in [0.29, 0.717) is 5.69 Å². The van der Waals surface area contributed by atoms with Crippen LogP contribution in [0, 0.1) is 13.8 Å². The van der Waals surface area contributed by atoms with Gasteiger partial charge in [-0.1, -0.05) is 18.2 Å². The maximum atomic E-state index is 13.3. The minimum absolute atomic E-state index is 0. The number of aryl methyl sites for hydroxylation is 1. The minimum Gasteiger partial charge on any atom is -0.330 e. The number of nitrogens with zero attached hydrogens (tertiary/aromatic N) is 2. The van der Waals surface area contributed by atoms with Crippen molar-refractivity contribution < 1.29 is 4.79 Å². The monoisotopic (exact) mass is 374 g/mol. The fourth-order valence-corrected chi connectivity index (χ4v) is 4.17. The van der Waals surface area contributed by atoms with Crippen LogP contribution < -0.4 is 5.32 Å². The lowest BCUT2D eigenvalue weighted by Crippen LogP contribution is -2.39. The average molecular weight is 375 g/mol. The zero-order chi connectivity index (χ0) is 17.4. The van der Waals surface area contributed by atoms with Crippen molar-refractivity contribution in [2.75, 3.05) is 13.1 Å². The summed E-state index contributed by atoms with van der Waals surface area (Å²) in [6, 6.07) is 6.59. The molecule has 1 aromatic carbocycles. The van der Waals surface area contributed by atoms with E-state index in [9.17, 15) is 4.79 Å². The van der Waals surface area contributed by atoms with Gasteiger partial charge in [-0.05, 0) is 49.8 Å². The Kier molecular flexibility index (Phi) is 5.68. The van der Waals surface area contributed by atoms with Gasteiger partial charge in [0.05, 0.1) is 6.04 Å². The van der Waals surface area contributed by atoms with Gasteiger partial charge in [-0.25, -0.2) is 0 Å². The molecule has 0 bridgehead atoms. The van der Waals surface area contributed by atoms with E-state index >= 15 is 0 Å². The van der Waals surface area contributed by atoms with Crippen molar-refractivity contribution in [3.8, 4) is 0 Å². The molecule has 1 aromatic heterocycles. The molecular formula is C20H27ClN4O. The zero-order valence-electron chi connectivity index (χ0n) is 15.5. The number of hydrogen-bond donors (Lipinski definition) is 2. The largest absolute Gasteiger partial charge is 0.330 e. The summed E-state index contributed by atoms with van der Waals surface area (Å²) >= 11 is 0. The fraction of sp³-hybridized carbons (Fsp3) is 0.500. The van der Waals surface area contributed by atoms with E-state index < -0.39 is 0 Å². The predicted molar refractivity (Wildman–Crippen MR) is 105 cm³/mol. The minimum atomic E-state index is 0. The second kappa shape index (κ2) is 7.80. The number of piperidine rings is 1. The Morgan fingerprint density at radius 1 is 1.27 bits per heavy atom. The lowest BCUT2D eigenvalue weighted by molar-refractivity contribution is 0.0603. The number of H-pyrrole nitrogens is 1. The molecule has 4 rings (SSSR count). The van der Waals surface area contributed by atoms with Gasteiger partial charge in [-0.15, -0.1) is 12.4 Å². The molecule has 140 valence electrons. The Labute approximate surface area is 161 Å². The fourth-order valence-electron chi connectivity index (χ4n) is 4.17. The van der Waals surface area contributed by atoms with Crippen LogP contribution in [-0.4, -0.2) is 34.1 Å². The lowest BCUT2D eigenvalue weighted by atomic mass is 9.90. The number of carbonyl (C=O) groups excluding carboxylic acids is 1. The van der Waals surface area contributed by atoms with Gasteiger partial charge in [0, 0.05) is 37.3 Å². The first-order valence-corrected chi connectivity index (χ1v) is 9.30. The summed E-state index contributed by atoms with van der Waals surface area (Å²) in [4.78, 5) is 15.4. The molecule has 5 nitrogen and oxygen atoms in total. The van der Waals surface area contributed by atoms with Crippen molar-refractivity contribution in [2.45, 2.75) is 52.1 Å².